The summed E-state index contributed by atoms with van der Waals surface area (Å²) in [7, 11) is -3.73. The summed E-state index contributed by atoms with van der Waals surface area (Å²) in [6, 6.07) is 14.1. The van der Waals surface area contributed by atoms with Crippen LogP contribution in [0.15, 0.2) is 68.7 Å². The second-order valence-corrected chi connectivity index (χ2v) is 7.37. The fourth-order valence-electron chi connectivity index (χ4n) is 1.88. The predicted octanol–water partition coefficient (Wildman–Crippen LogP) is 3.44. The molecule has 1 heterocycles. The molecule has 0 N–H and O–H groups in total. The van der Waals surface area contributed by atoms with Gasteiger partial charge < -0.3 is 4.42 Å². The largest absolute Gasteiger partial charge is 0.422 e. The Bertz CT molecular complexity index is 1080. The van der Waals surface area contributed by atoms with E-state index >= 15 is 0 Å². The van der Waals surface area contributed by atoms with Gasteiger partial charge in [0.15, 0.2) is 14.7 Å². The standard InChI is InChI=1S/C10H7NO6S.C6H5Cl/c1-18(15,16)9-5-6-4-7(11(13)14)2-3-8(6)17-10(9)12;7-6-4-2-1-3-5-6/h2-5H,1H3;1-5H. The minimum absolute atomic E-state index is 0.0954. The van der Waals surface area contributed by atoms with Crippen LogP contribution in [0.2, 0.25) is 5.02 Å². The Labute approximate surface area is 147 Å². The van der Waals surface area contributed by atoms with E-state index in [0.29, 0.717) is 0 Å². The number of nitro benzene ring substituents is 1. The van der Waals surface area contributed by atoms with Crippen molar-refractivity contribution in [2.75, 3.05) is 6.26 Å². The first-order valence-corrected chi connectivity index (χ1v) is 9.08. The van der Waals surface area contributed by atoms with Crippen molar-refractivity contribution in [2.45, 2.75) is 4.90 Å². The lowest BCUT2D eigenvalue weighted by atomic mass is 10.2. The summed E-state index contributed by atoms with van der Waals surface area (Å²) < 4.78 is 27.4. The van der Waals surface area contributed by atoms with Crippen LogP contribution in [0.5, 0.6) is 0 Å². The highest BCUT2D eigenvalue weighted by atomic mass is 35.5. The van der Waals surface area contributed by atoms with E-state index < -0.39 is 25.3 Å². The first-order valence-electron chi connectivity index (χ1n) is 6.81. The number of fused-ring (bicyclic) bond motifs is 1. The van der Waals surface area contributed by atoms with Crippen molar-refractivity contribution in [1.29, 1.82) is 0 Å². The van der Waals surface area contributed by atoms with Gasteiger partial charge >= 0.3 is 5.63 Å². The molecule has 7 nitrogen and oxygen atoms in total. The third-order valence-corrected chi connectivity index (χ3v) is 4.36. The molecule has 0 unspecified atom stereocenters. The van der Waals surface area contributed by atoms with Crippen LogP contribution >= 0.6 is 11.6 Å². The molecule has 0 saturated carbocycles. The summed E-state index contributed by atoms with van der Waals surface area (Å²) in [6.45, 7) is 0. The fourth-order valence-corrected chi connectivity index (χ4v) is 2.71. The van der Waals surface area contributed by atoms with Gasteiger partial charge in [-0.15, -0.1) is 0 Å². The van der Waals surface area contributed by atoms with Crippen LogP contribution < -0.4 is 5.63 Å². The van der Waals surface area contributed by atoms with Gasteiger partial charge in [-0.2, -0.15) is 0 Å². The molecule has 0 bridgehead atoms. The Balaban J connectivity index is 0.000000269. The van der Waals surface area contributed by atoms with E-state index in [4.69, 9.17) is 16.0 Å². The maximum absolute atomic E-state index is 11.4. The highest BCUT2D eigenvalue weighted by molar-refractivity contribution is 7.90. The number of rotatable bonds is 2. The fraction of sp³-hybridized carbons (Fsp3) is 0.0625. The smallest absolute Gasteiger partial charge is 0.355 e. The van der Waals surface area contributed by atoms with E-state index in [0.717, 1.165) is 23.4 Å². The Morgan fingerprint density at radius 2 is 1.72 bits per heavy atom. The summed E-state index contributed by atoms with van der Waals surface area (Å²) in [6.07, 6.45) is 0.864. The molecule has 0 saturated heterocycles. The van der Waals surface area contributed by atoms with Gasteiger partial charge in [-0.1, -0.05) is 29.8 Å². The molecule has 0 aliphatic carbocycles. The molecule has 0 aliphatic heterocycles. The van der Waals surface area contributed by atoms with E-state index in [1.54, 1.807) is 0 Å². The Morgan fingerprint density at radius 3 is 2.20 bits per heavy atom. The summed E-state index contributed by atoms with van der Waals surface area (Å²) in [5.74, 6) is 0. The molecule has 0 atom stereocenters. The van der Waals surface area contributed by atoms with Crippen LogP contribution in [0.4, 0.5) is 5.69 Å². The first-order chi connectivity index (χ1) is 11.7. The van der Waals surface area contributed by atoms with Crippen LogP contribution in [0.1, 0.15) is 0 Å². The van der Waals surface area contributed by atoms with Crippen molar-refractivity contribution in [2.24, 2.45) is 0 Å². The van der Waals surface area contributed by atoms with Crippen molar-refractivity contribution in [3.8, 4) is 0 Å². The number of nitrogens with zero attached hydrogens (tertiary/aromatic N) is 1. The zero-order chi connectivity index (χ0) is 18.6. The molecular formula is C16H12ClNO6S. The maximum atomic E-state index is 11.4. The van der Waals surface area contributed by atoms with Crippen molar-refractivity contribution < 1.29 is 17.8 Å². The number of benzene rings is 2. The summed E-state index contributed by atoms with van der Waals surface area (Å²) in [4.78, 5) is 20.9. The highest BCUT2D eigenvalue weighted by Gasteiger charge is 2.16. The van der Waals surface area contributed by atoms with Crippen LogP contribution in [0, 0.1) is 10.1 Å². The third kappa shape index (κ3) is 4.88. The van der Waals surface area contributed by atoms with Gasteiger partial charge in [0, 0.05) is 28.8 Å². The molecular weight excluding hydrogens is 370 g/mol. The number of nitro groups is 1. The Morgan fingerprint density at radius 1 is 1.08 bits per heavy atom. The molecule has 25 heavy (non-hydrogen) atoms. The second-order valence-electron chi connectivity index (χ2n) is 4.95. The van der Waals surface area contributed by atoms with Gasteiger partial charge in [0.2, 0.25) is 0 Å². The number of hydrogen-bond donors (Lipinski definition) is 0. The lowest BCUT2D eigenvalue weighted by molar-refractivity contribution is -0.384. The summed E-state index contributed by atoms with van der Waals surface area (Å²) >= 11 is 5.54. The monoisotopic (exact) mass is 381 g/mol. The van der Waals surface area contributed by atoms with Gasteiger partial charge in [0.25, 0.3) is 5.69 Å². The Kier molecular flexibility index (Phi) is 5.55. The van der Waals surface area contributed by atoms with Crippen molar-refractivity contribution in [1.82, 2.24) is 0 Å². The minimum atomic E-state index is -3.73. The van der Waals surface area contributed by atoms with E-state index in [2.05, 4.69) is 0 Å². The molecule has 1 aromatic heterocycles. The van der Waals surface area contributed by atoms with Crippen LogP contribution in [-0.4, -0.2) is 19.6 Å². The summed E-state index contributed by atoms with van der Waals surface area (Å²) in [5, 5.41) is 11.6. The van der Waals surface area contributed by atoms with E-state index in [1.807, 2.05) is 30.3 Å². The van der Waals surface area contributed by atoms with Crippen LogP contribution in [0.25, 0.3) is 11.0 Å². The highest BCUT2D eigenvalue weighted by Crippen LogP contribution is 2.21. The van der Waals surface area contributed by atoms with Crippen LogP contribution in [0.3, 0.4) is 0 Å². The molecule has 130 valence electrons. The number of hydrogen-bond acceptors (Lipinski definition) is 6. The minimum Gasteiger partial charge on any atom is -0.422 e. The van der Waals surface area contributed by atoms with Gasteiger partial charge in [0.05, 0.1) is 4.92 Å². The lowest BCUT2D eigenvalue weighted by Gasteiger charge is -2.00. The SMILES string of the molecule is CS(=O)(=O)c1cc2cc([N+](=O)[O-])ccc2oc1=O.Clc1ccccc1. The molecule has 3 aromatic rings. The van der Waals surface area contributed by atoms with Gasteiger partial charge in [0.1, 0.15) is 5.58 Å². The Hall–Kier alpha value is -2.71. The van der Waals surface area contributed by atoms with Crippen molar-refractivity contribution >= 4 is 38.1 Å². The molecule has 3 rings (SSSR count). The van der Waals surface area contributed by atoms with Gasteiger partial charge in [-0.3, -0.25) is 10.1 Å². The zero-order valence-electron chi connectivity index (χ0n) is 12.9. The second kappa shape index (κ2) is 7.45. The molecule has 0 amide bonds. The average Bonchev–Trinajstić information content (AvgIpc) is 2.54. The maximum Gasteiger partial charge on any atom is 0.355 e. The molecule has 0 aliphatic rings. The van der Waals surface area contributed by atoms with Gasteiger partial charge in [-0.05, 0) is 24.3 Å². The number of halogens is 1. The number of sulfone groups is 1. The van der Waals surface area contributed by atoms with Crippen LogP contribution in [-0.2, 0) is 9.84 Å². The van der Waals surface area contributed by atoms with Crippen molar-refractivity contribution in [3.63, 3.8) is 0 Å². The lowest BCUT2D eigenvalue weighted by Crippen LogP contribution is -2.12. The van der Waals surface area contributed by atoms with Crippen molar-refractivity contribution in [3.05, 3.63) is 80.2 Å². The predicted molar refractivity (Wildman–Crippen MR) is 93.7 cm³/mol. The first kappa shape index (κ1) is 18.6. The third-order valence-electron chi connectivity index (χ3n) is 3.03. The van der Waals surface area contributed by atoms with E-state index in [-0.39, 0.29) is 16.7 Å². The van der Waals surface area contributed by atoms with E-state index in [9.17, 15) is 23.3 Å². The normalized spacial score (nSPS) is 10.8. The van der Waals surface area contributed by atoms with Gasteiger partial charge in [-0.25, -0.2) is 13.2 Å². The number of non-ortho nitro benzene ring substituents is 1. The molecule has 0 radical (unpaired) electrons. The quantitative estimate of drug-likeness (QED) is 0.382. The molecule has 9 heteroatoms. The molecule has 2 aromatic carbocycles. The molecule has 0 spiro atoms. The topological polar surface area (TPSA) is 107 Å². The van der Waals surface area contributed by atoms with E-state index in [1.165, 1.54) is 12.1 Å². The summed E-state index contributed by atoms with van der Waals surface area (Å²) in [5.41, 5.74) is -1.10. The molecule has 0 fully saturated rings. The zero-order valence-corrected chi connectivity index (χ0v) is 14.5. The average molecular weight is 382 g/mol.